The predicted molar refractivity (Wildman–Crippen MR) is 80.4 cm³/mol. The number of hydrogen-bond acceptors (Lipinski definition) is 1. The number of aromatic nitrogens is 1. The first-order valence-electron chi connectivity index (χ1n) is 6.61. The smallest absolute Gasteiger partial charge is 0.358 e. The van der Waals surface area contributed by atoms with Gasteiger partial charge in [-0.25, -0.2) is 0 Å². The summed E-state index contributed by atoms with van der Waals surface area (Å²) in [6, 6.07) is 5.72. The van der Waals surface area contributed by atoms with E-state index in [0.717, 1.165) is 29.6 Å². The Morgan fingerprint density at radius 1 is 0.700 bits per heavy atom. The molecule has 1 aliphatic carbocycles. The summed E-state index contributed by atoms with van der Waals surface area (Å²) in [4.78, 5) is 3.78. The van der Waals surface area contributed by atoms with E-state index in [9.17, 15) is 0 Å². The molecule has 0 N–H and O–H groups in total. The Bertz CT molecular complexity index is 257. The van der Waals surface area contributed by atoms with Gasteiger partial charge < -0.3 is 7.43 Å². The molecule has 0 bridgehead atoms. The molecule has 1 aliphatic rings. The fourth-order valence-corrected chi connectivity index (χ4v) is 2.71. The van der Waals surface area contributed by atoms with Crippen molar-refractivity contribution in [2.24, 2.45) is 29.6 Å². The van der Waals surface area contributed by atoms with Crippen LogP contribution in [-0.2, 0) is 21.7 Å². The van der Waals surface area contributed by atoms with Gasteiger partial charge in [-0.15, -0.1) is 0 Å². The van der Waals surface area contributed by atoms with Gasteiger partial charge in [0.25, 0.3) is 0 Å². The van der Waals surface area contributed by atoms with Gasteiger partial charge in [0.15, 0.2) is 0 Å². The van der Waals surface area contributed by atoms with E-state index >= 15 is 0 Å². The maximum Gasteiger partial charge on any atom is 2.00 e. The molecule has 0 unspecified atom stereocenters. The molecule has 0 aliphatic heterocycles. The summed E-state index contributed by atoms with van der Waals surface area (Å²) in [5.74, 6) is 4.68. The monoisotopic (exact) mass is 318 g/mol. The molecule has 1 aromatic rings. The normalized spacial score (nSPS) is 30.2. The molecule has 0 saturated heterocycles. The predicted octanol–water partition coefficient (Wildman–Crippen LogP) is 4.67. The van der Waals surface area contributed by atoms with Crippen molar-refractivity contribution in [1.82, 2.24) is 4.98 Å². The summed E-state index contributed by atoms with van der Waals surface area (Å²) in [7, 11) is 0. The van der Waals surface area contributed by atoms with E-state index in [4.69, 9.17) is 4.65 Å². The fraction of sp³-hybridized carbons (Fsp3) is 0.588. The SMILES string of the molecule is CC1C(C)C(C)C(C)C1C.[C-]#[O+].[CH3-].[Fe+2].c1ccncc1. The van der Waals surface area contributed by atoms with Crippen LogP contribution >= 0.6 is 0 Å². The van der Waals surface area contributed by atoms with E-state index in [1.165, 1.54) is 0 Å². The van der Waals surface area contributed by atoms with E-state index in [0.29, 0.717) is 0 Å². The Morgan fingerprint density at radius 3 is 1.05 bits per heavy atom. The minimum atomic E-state index is 0. The van der Waals surface area contributed by atoms with Crippen LogP contribution in [0.15, 0.2) is 30.6 Å². The molecule has 1 heterocycles. The summed E-state index contributed by atoms with van der Waals surface area (Å²) in [5, 5.41) is 0. The van der Waals surface area contributed by atoms with Gasteiger partial charge in [-0.2, -0.15) is 0 Å². The third kappa shape index (κ3) is 7.26. The average molecular weight is 318 g/mol. The van der Waals surface area contributed by atoms with Crippen LogP contribution in [0.25, 0.3) is 0 Å². The molecule has 0 atom stereocenters. The van der Waals surface area contributed by atoms with E-state index in [-0.39, 0.29) is 24.5 Å². The Hall–Kier alpha value is -0.591. The summed E-state index contributed by atoms with van der Waals surface area (Å²) in [6.07, 6.45) is 3.50. The van der Waals surface area contributed by atoms with Crippen molar-refractivity contribution in [2.45, 2.75) is 34.6 Å². The van der Waals surface area contributed by atoms with Gasteiger partial charge in [-0.1, -0.05) is 40.7 Å². The third-order valence-electron chi connectivity index (χ3n) is 4.71. The summed E-state index contributed by atoms with van der Waals surface area (Å²) in [6.45, 7) is 16.5. The quantitative estimate of drug-likeness (QED) is 0.388. The number of rotatable bonds is 0. The summed E-state index contributed by atoms with van der Waals surface area (Å²) in [5.41, 5.74) is 0. The molecule has 0 aromatic carbocycles. The van der Waals surface area contributed by atoms with Crippen molar-refractivity contribution < 1.29 is 21.7 Å². The molecule has 1 saturated carbocycles. The van der Waals surface area contributed by atoms with E-state index < -0.39 is 0 Å². The maximum absolute atomic E-state index is 7.50. The van der Waals surface area contributed by atoms with Gasteiger partial charge in [0.1, 0.15) is 0 Å². The van der Waals surface area contributed by atoms with Gasteiger partial charge in [0.05, 0.1) is 0 Å². The Balaban J connectivity index is -0.000000252. The van der Waals surface area contributed by atoms with E-state index in [1.807, 2.05) is 18.2 Å². The van der Waals surface area contributed by atoms with Crippen molar-refractivity contribution in [2.75, 3.05) is 0 Å². The minimum absolute atomic E-state index is 0. The first-order chi connectivity index (χ1) is 8.55. The van der Waals surface area contributed by atoms with Crippen molar-refractivity contribution in [3.05, 3.63) is 44.7 Å². The van der Waals surface area contributed by atoms with Gasteiger partial charge in [-0.05, 0) is 41.7 Å². The topological polar surface area (TPSA) is 32.8 Å². The molecule has 0 amide bonds. The largest absolute Gasteiger partial charge is 2.00 e. The van der Waals surface area contributed by atoms with Crippen LogP contribution in [-0.4, -0.2) is 4.98 Å². The second-order valence-corrected chi connectivity index (χ2v) is 5.32. The third-order valence-corrected chi connectivity index (χ3v) is 4.71. The molecule has 2 nitrogen and oxygen atoms in total. The zero-order valence-electron chi connectivity index (χ0n) is 13.5. The minimum Gasteiger partial charge on any atom is -0.358 e. The molecule has 114 valence electrons. The zero-order chi connectivity index (χ0) is 14.1. The molecule has 1 aromatic heterocycles. The standard InChI is InChI=1S/C10H20.C5H5N.CO.CH3.Fe/c1-6-7(2)9(4)10(5)8(6)3;1-2-4-6-5-3-1;1-2;;/h6-10H,1-5H3;1-5H;;1H3;/q;;;-1;+2. The molecule has 3 heteroatoms. The molecular weight excluding hydrogens is 290 g/mol. The van der Waals surface area contributed by atoms with Crippen molar-refractivity contribution >= 4 is 0 Å². The van der Waals surface area contributed by atoms with Crippen LogP contribution in [0, 0.1) is 43.7 Å². The second-order valence-electron chi connectivity index (χ2n) is 5.32. The molecule has 0 radical (unpaired) electrons. The Labute approximate surface area is 136 Å². The van der Waals surface area contributed by atoms with Crippen LogP contribution in [0.1, 0.15) is 34.6 Å². The van der Waals surface area contributed by atoms with Gasteiger partial charge in [0.2, 0.25) is 0 Å². The van der Waals surface area contributed by atoms with Crippen LogP contribution in [0.2, 0.25) is 0 Å². The van der Waals surface area contributed by atoms with Crippen molar-refractivity contribution in [3.63, 3.8) is 0 Å². The van der Waals surface area contributed by atoms with Crippen LogP contribution < -0.4 is 0 Å². The van der Waals surface area contributed by atoms with Crippen molar-refractivity contribution in [3.8, 4) is 0 Å². The van der Waals surface area contributed by atoms with E-state index in [2.05, 4.69) is 46.3 Å². The van der Waals surface area contributed by atoms with Crippen molar-refractivity contribution in [1.29, 1.82) is 0 Å². The molecule has 2 rings (SSSR count). The van der Waals surface area contributed by atoms with Crippen LogP contribution in [0.5, 0.6) is 0 Å². The second kappa shape index (κ2) is 13.4. The summed E-state index contributed by atoms with van der Waals surface area (Å²) >= 11 is 0. The van der Waals surface area contributed by atoms with Gasteiger partial charge in [0, 0.05) is 12.4 Å². The molecule has 0 spiro atoms. The van der Waals surface area contributed by atoms with Crippen LogP contribution in [0.3, 0.4) is 0 Å². The molecule has 1 fully saturated rings. The van der Waals surface area contributed by atoms with Crippen LogP contribution in [0.4, 0.5) is 0 Å². The van der Waals surface area contributed by atoms with E-state index in [1.54, 1.807) is 12.4 Å². The number of nitrogens with zero attached hydrogens (tertiary/aromatic N) is 1. The molecular formula is C17H28FeNO+. The Morgan fingerprint density at radius 2 is 0.950 bits per heavy atom. The first kappa shape index (κ1) is 24.4. The number of hydrogen-bond donors (Lipinski definition) is 0. The first-order valence-corrected chi connectivity index (χ1v) is 6.61. The molecule has 20 heavy (non-hydrogen) atoms. The average Bonchev–Trinajstić information content (AvgIpc) is 2.62. The Kier molecular flexibility index (Phi) is 16.4. The van der Waals surface area contributed by atoms with Gasteiger partial charge >= 0.3 is 28.4 Å². The maximum atomic E-state index is 7.50. The zero-order valence-corrected chi connectivity index (χ0v) is 14.6. The van der Waals surface area contributed by atoms with Gasteiger partial charge in [-0.3, -0.25) is 4.98 Å². The number of pyridine rings is 1. The fourth-order valence-electron chi connectivity index (χ4n) is 2.71. The summed E-state index contributed by atoms with van der Waals surface area (Å²) < 4.78 is 7.50.